The van der Waals surface area contributed by atoms with E-state index in [9.17, 15) is 78.5 Å². The molecule has 1 aromatic heterocycles. The molecule has 5 atom stereocenters. The molecule has 3 aliphatic rings. The first-order valence-corrected chi connectivity index (χ1v) is 38.7. The summed E-state index contributed by atoms with van der Waals surface area (Å²) in [5.41, 5.74) is 13.9. The largest absolute Gasteiger partial charge is 0.490 e. The number of nitrogen functional groups attached to an aromatic ring is 2. The Morgan fingerprint density at radius 1 is 0.828 bits per heavy atom. The van der Waals surface area contributed by atoms with Crippen molar-refractivity contribution < 1.29 is 129 Å². The molecule has 1 saturated heterocycles. The number of carbonyl (C=O) groups is 4. The van der Waals surface area contributed by atoms with Gasteiger partial charge in [0.05, 0.1) is 81.2 Å². The van der Waals surface area contributed by atoms with Gasteiger partial charge in [0.15, 0.2) is 21.1 Å². The van der Waals surface area contributed by atoms with Gasteiger partial charge in [0, 0.05) is 65.7 Å². The minimum atomic E-state index is -5.79. The van der Waals surface area contributed by atoms with Gasteiger partial charge in [-0.2, -0.15) is 30.4 Å². The SMILES string of the molecule is CC(C)(CCOC(=O)NCCOCCOCCNC(=O)c1ccc(C(=O)O)c(-c2c3ccc(=N)c(S(=O)(=O)O)c-3oc3c(S(=O)(=O)O)c(N)ccc23)c1)SSCOCCCCCNC(=O)NCC#Cc1cn([C@H]2CC(OCN)[C@@H](COP(=O)(O)OP(=O)(O)OP(=O)(O)O)O2)c(=O)nc1N. The number of amides is 4. The minimum Gasteiger partial charge on any atom is -0.478 e. The molecule has 3 heterocycles. The van der Waals surface area contributed by atoms with Crippen LogP contribution in [0.2, 0.25) is 0 Å². The van der Waals surface area contributed by atoms with Gasteiger partial charge in [-0.05, 0) is 87.6 Å². The number of benzene rings is 3. The lowest BCUT2D eigenvalue weighted by Gasteiger charge is -2.22. The molecular formula is C53H71N10O29P3S4. The third-order valence-electron chi connectivity index (χ3n) is 13.5. The third kappa shape index (κ3) is 25.1. The van der Waals surface area contributed by atoms with E-state index in [0.717, 1.165) is 41.7 Å². The Labute approximate surface area is 571 Å². The Hall–Kier alpha value is -6.66. The van der Waals surface area contributed by atoms with Crippen LogP contribution in [0.5, 0.6) is 0 Å². The number of aromatic nitrogens is 2. The van der Waals surface area contributed by atoms with E-state index in [2.05, 4.69) is 51.2 Å². The van der Waals surface area contributed by atoms with E-state index in [0.29, 0.717) is 31.9 Å². The van der Waals surface area contributed by atoms with Gasteiger partial charge in [0.1, 0.15) is 24.1 Å². The fourth-order valence-electron chi connectivity index (χ4n) is 9.13. The molecular weight excluding hydrogens is 1460 g/mol. The molecule has 3 aromatic rings. The first-order valence-electron chi connectivity index (χ1n) is 29.0. The summed E-state index contributed by atoms with van der Waals surface area (Å²) in [6.45, 7) is 4.02. The summed E-state index contributed by atoms with van der Waals surface area (Å²) in [5.74, 6) is 2.53. The second kappa shape index (κ2) is 36.3. The van der Waals surface area contributed by atoms with Crippen LogP contribution in [0.3, 0.4) is 0 Å². The van der Waals surface area contributed by atoms with E-state index in [4.69, 9.17) is 65.2 Å². The number of rotatable bonds is 38. The number of aromatic carboxylic acids is 1. The number of anilines is 2. The van der Waals surface area contributed by atoms with Crippen LogP contribution in [0.4, 0.5) is 21.1 Å². The van der Waals surface area contributed by atoms with Crippen LogP contribution in [0, 0.1) is 17.3 Å². The van der Waals surface area contributed by atoms with Crippen LogP contribution in [-0.2, 0) is 75.5 Å². The van der Waals surface area contributed by atoms with Gasteiger partial charge < -0.3 is 96.0 Å². The number of hydrogen-bond donors (Lipinski definition) is 15. The fraction of sp³-hybridized carbons (Fsp3) is 0.453. The van der Waals surface area contributed by atoms with E-state index in [1.54, 1.807) is 10.8 Å². The van der Waals surface area contributed by atoms with Gasteiger partial charge in [0.2, 0.25) is 0 Å². The molecule has 0 radical (unpaired) electrons. The number of carboxylic acids is 1. The highest BCUT2D eigenvalue weighted by Crippen LogP contribution is 2.66. The molecule has 39 nitrogen and oxygen atoms in total. The van der Waals surface area contributed by atoms with Crippen LogP contribution in [0.1, 0.15) is 78.5 Å². The maximum atomic E-state index is 13.4. The van der Waals surface area contributed by atoms with E-state index in [-0.39, 0.29) is 110 Å². The number of nitrogens with two attached hydrogens (primary N) is 3. The smallest absolute Gasteiger partial charge is 0.478 e. The van der Waals surface area contributed by atoms with Crippen molar-refractivity contribution in [1.29, 1.82) is 5.41 Å². The first-order chi connectivity index (χ1) is 46.4. The predicted octanol–water partition coefficient (Wildman–Crippen LogP) is 3.06. The summed E-state index contributed by atoms with van der Waals surface area (Å²) in [4.78, 5) is 102. The minimum absolute atomic E-state index is 0.00350. The molecule has 2 aromatic carbocycles. The summed E-state index contributed by atoms with van der Waals surface area (Å²) in [7, 11) is -24.4. The zero-order valence-electron chi connectivity index (χ0n) is 52.3. The second-order valence-electron chi connectivity index (χ2n) is 21.3. The molecule has 1 aliphatic carbocycles. The summed E-state index contributed by atoms with van der Waals surface area (Å²) >= 11 is 0. The lowest BCUT2D eigenvalue weighted by Crippen LogP contribution is -2.36. The molecule has 46 heteroatoms. The van der Waals surface area contributed by atoms with Crippen molar-refractivity contribution in [3.8, 4) is 34.3 Å². The first kappa shape index (κ1) is 81.3. The zero-order valence-corrected chi connectivity index (χ0v) is 58.2. The number of fused-ring (bicyclic) bond motifs is 2. The molecule has 6 rings (SSSR count). The van der Waals surface area contributed by atoms with E-state index >= 15 is 0 Å². The fourth-order valence-corrected chi connectivity index (χ4v) is 15.9. The molecule has 99 heavy (non-hydrogen) atoms. The van der Waals surface area contributed by atoms with E-state index in [1.165, 1.54) is 35.2 Å². The van der Waals surface area contributed by atoms with Crippen LogP contribution in [-0.4, -0.2) is 186 Å². The second-order valence-corrected chi connectivity index (χ2v) is 31.4. The summed E-state index contributed by atoms with van der Waals surface area (Å²) in [6, 6.07) is 7.33. The Morgan fingerprint density at radius 3 is 2.19 bits per heavy atom. The standard InChI is InChI=1S/C53H71N10O29P3S4/c1-53(2,97-96-30-85-19-5-3-4-15-59-50(67)60-16-6-7-32-27-63(51(68)62-47(32)57)41-26-39(87-29-54)40(89-41)28-88-94(73,74)92-95(75,76)91-93(70,71)72)14-20-86-52(69)61-18-22-84-24-23-83-21-17-58-48(64)31-8-9-33(49(65)66)36(25-31)42-34-10-12-37(55)45(98(77,78)79)43(34)90-44-35(42)11-13-38(56)46(44)99(80,81)82/h8-13,25,27,39-41,55H,3-5,14-24,26,28-30,54,56H2,1-2H3,(H,58,64)(H,61,69)(H,65,66)(H,73,74)(H,75,76)(H2,57,62,68)(H2,59,60,67)(H2,70,71,72)(H,77,78,79)(H,80,81,82)/t39?,40-,41-/m1/s1. The number of nitrogens with one attached hydrogen (secondary N) is 5. The van der Waals surface area contributed by atoms with Crippen molar-refractivity contribution in [3.63, 3.8) is 0 Å². The van der Waals surface area contributed by atoms with Crippen LogP contribution >= 0.6 is 45.1 Å². The van der Waals surface area contributed by atoms with Gasteiger partial charge in [0.25, 0.3) is 26.1 Å². The number of carboxylic acid groups (broad SMARTS) is 1. The number of phosphoric acid groups is 3. The van der Waals surface area contributed by atoms with E-state index in [1.807, 2.05) is 13.8 Å². The van der Waals surface area contributed by atoms with Gasteiger partial charge in [-0.1, -0.05) is 33.4 Å². The van der Waals surface area contributed by atoms with Crippen molar-refractivity contribution in [3.05, 3.63) is 81.2 Å². The van der Waals surface area contributed by atoms with Gasteiger partial charge in [-0.3, -0.25) is 28.4 Å². The normalized spacial score (nSPS) is 16.3. The lowest BCUT2D eigenvalue weighted by molar-refractivity contribution is -0.0601. The highest BCUT2D eigenvalue weighted by molar-refractivity contribution is 8.77. The number of carbonyl (C=O) groups excluding carboxylic acids is 3. The van der Waals surface area contributed by atoms with Gasteiger partial charge in [-0.25, -0.2) is 32.9 Å². The highest BCUT2D eigenvalue weighted by atomic mass is 33.1. The van der Waals surface area contributed by atoms with Crippen LogP contribution in [0.25, 0.3) is 33.4 Å². The average molecular weight is 1530 g/mol. The lowest BCUT2D eigenvalue weighted by atomic mass is 9.89. The van der Waals surface area contributed by atoms with Crippen molar-refractivity contribution in [2.24, 2.45) is 5.73 Å². The predicted molar refractivity (Wildman–Crippen MR) is 350 cm³/mol. The molecule has 546 valence electrons. The maximum Gasteiger partial charge on any atom is 0.490 e. The molecule has 1 fully saturated rings. The van der Waals surface area contributed by atoms with Crippen molar-refractivity contribution >= 4 is 112 Å². The van der Waals surface area contributed by atoms with Crippen LogP contribution < -0.4 is 49.5 Å². The molecule has 0 spiro atoms. The number of nitrogens with zero attached hydrogens (tertiary/aromatic N) is 2. The van der Waals surface area contributed by atoms with Crippen LogP contribution in [0.15, 0.2) is 67.7 Å². The summed E-state index contributed by atoms with van der Waals surface area (Å²) < 4.78 is 157. The Kier molecular flexibility index (Phi) is 29.8. The molecule has 4 amide bonds. The molecule has 2 aliphatic heterocycles. The number of hydrogen-bond acceptors (Lipinski definition) is 29. The Bertz CT molecular complexity index is 4290. The molecule has 0 bridgehead atoms. The molecule has 18 N–H and O–H groups in total. The molecule has 0 saturated carbocycles. The number of urea groups is 1. The number of alkyl carbamates (subject to hydrolysis) is 1. The summed E-state index contributed by atoms with van der Waals surface area (Å²) in [5, 5.41) is 27.9. The van der Waals surface area contributed by atoms with Crippen molar-refractivity contribution in [1.82, 2.24) is 30.8 Å². The number of unbranched alkanes of at least 4 members (excludes halogenated alkanes) is 2. The van der Waals surface area contributed by atoms with Crippen molar-refractivity contribution in [2.75, 3.05) is 96.6 Å². The Balaban J connectivity index is 0.796. The quantitative estimate of drug-likeness (QED) is 0.00394. The average Bonchev–Trinajstić information content (AvgIpc) is 1.20. The van der Waals surface area contributed by atoms with Crippen molar-refractivity contribution in [2.45, 2.75) is 78.9 Å². The van der Waals surface area contributed by atoms with E-state index < -0.39 is 136 Å². The maximum absolute atomic E-state index is 13.4. The third-order valence-corrected chi connectivity index (χ3v) is 22.2. The molecule has 3 unspecified atom stereocenters. The zero-order chi connectivity index (χ0) is 73.1. The van der Waals surface area contributed by atoms with Gasteiger partial charge >= 0.3 is 47.3 Å². The monoisotopic (exact) mass is 1530 g/mol. The number of ether oxygens (including phenoxy) is 6. The topological polar surface area (TPSA) is 611 Å². The highest BCUT2D eigenvalue weighted by Gasteiger charge is 2.44. The number of phosphoric ester groups is 1. The Morgan fingerprint density at radius 2 is 1.53 bits per heavy atom. The summed E-state index contributed by atoms with van der Waals surface area (Å²) in [6.07, 6.45) is -0.302. The van der Waals surface area contributed by atoms with Gasteiger partial charge in [-0.15, -0.1) is 0 Å².